The standard InChI is InChI=1S/C11H12FN5O3/c12-11-1-4(11)5(2-18)20-9(11)17-3-14-6-7(17)15-10(13)16-8(6)19/h3-5,9,18H,1-2H2,(H3,13,15,16,19)/t4-,5+,9+,11+/m0/s1. The highest BCUT2D eigenvalue weighted by atomic mass is 19.1. The number of aliphatic hydroxyl groups excluding tert-OH is 1. The number of ether oxygens (including phenoxy) is 1. The third-order valence-electron chi connectivity index (χ3n) is 4.04. The third-order valence-corrected chi connectivity index (χ3v) is 4.04. The molecule has 2 fully saturated rings. The first-order valence-electron chi connectivity index (χ1n) is 6.22. The van der Waals surface area contributed by atoms with Gasteiger partial charge in [0.15, 0.2) is 23.1 Å². The Labute approximate surface area is 111 Å². The van der Waals surface area contributed by atoms with Crippen LogP contribution < -0.4 is 11.3 Å². The number of anilines is 1. The fourth-order valence-electron chi connectivity index (χ4n) is 2.96. The summed E-state index contributed by atoms with van der Waals surface area (Å²) in [5.41, 5.74) is 3.73. The Morgan fingerprint density at radius 2 is 2.50 bits per heavy atom. The summed E-state index contributed by atoms with van der Waals surface area (Å²) in [5.74, 6) is -0.393. The van der Waals surface area contributed by atoms with Gasteiger partial charge in [0.2, 0.25) is 5.95 Å². The van der Waals surface area contributed by atoms with E-state index in [2.05, 4.69) is 15.0 Å². The van der Waals surface area contributed by atoms with Crippen LogP contribution in [0, 0.1) is 5.92 Å². The molecule has 2 aromatic heterocycles. The molecule has 1 saturated carbocycles. The van der Waals surface area contributed by atoms with E-state index >= 15 is 0 Å². The molecule has 1 aliphatic heterocycles. The highest BCUT2D eigenvalue weighted by Gasteiger charge is 2.71. The van der Waals surface area contributed by atoms with Crippen LogP contribution in [0.3, 0.4) is 0 Å². The molecular weight excluding hydrogens is 269 g/mol. The van der Waals surface area contributed by atoms with Gasteiger partial charge in [0, 0.05) is 5.92 Å². The molecule has 9 heteroatoms. The molecule has 20 heavy (non-hydrogen) atoms. The molecule has 4 atom stereocenters. The van der Waals surface area contributed by atoms with Gasteiger partial charge in [0.25, 0.3) is 5.56 Å². The lowest BCUT2D eigenvalue weighted by molar-refractivity contribution is -0.0679. The summed E-state index contributed by atoms with van der Waals surface area (Å²) in [6.07, 6.45) is 0.152. The van der Waals surface area contributed by atoms with E-state index in [1.807, 2.05) is 0 Å². The third kappa shape index (κ3) is 1.33. The molecule has 1 saturated heterocycles. The molecule has 8 nitrogen and oxygen atoms in total. The molecule has 2 aliphatic rings. The smallest absolute Gasteiger partial charge is 0.280 e. The predicted octanol–water partition coefficient (Wildman–Crippen LogP) is -0.680. The monoisotopic (exact) mass is 281 g/mol. The molecule has 0 aromatic carbocycles. The van der Waals surface area contributed by atoms with Crippen molar-refractivity contribution in [3.8, 4) is 0 Å². The van der Waals surface area contributed by atoms with Crippen molar-refractivity contribution in [3.63, 3.8) is 0 Å². The average molecular weight is 281 g/mol. The second kappa shape index (κ2) is 3.55. The van der Waals surface area contributed by atoms with Gasteiger partial charge in [-0.05, 0) is 6.42 Å². The molecule has 0 spiro atoms. The van der Waals surface area contributed by atoms with E-state index in [9.17, 15) is 14.3 Å². The molecule has 0 unspecified atom stereocenters. The minimum absolute atomic E-state index is 0.0683. The number of aromatic amines is 1. The van der Waals surface area contributed by atoms with Crippen LogP contribution in [0.15, 0.2) is 11.1 Å². The van der Waals surface area contributed by atoms with Crippen molar-refractivity contribution in [1.82, 2.24) is 19.5 Å². The Hall–Kier alpha value is -2.00. The summed E-state index contributed by atoms with van der Waals surface area (Å²) in [6.45, 7) is -0.240. The molecule has 1 aliphatic carbocycles. The zero-order valence-corrected chi connectivity index (χ0v) is 10.3. The summed E-state index contributed by atoms with van der Waals surface area (Å²) in [7, 11) is 0. The average Bonchev–Trinajstić information content (AvgIpc) is 2.79. The lowest BCUT2D eigenvalue weighted by Crippen LogP contribution is -2.23. The summed E-state index contributed by atoms with van der Waals surface area (Å²) >= 11 is 0. The first-order valence-corrected chi connectivity index (χ1v) is 6.22. The number of H-pyrrole nitrogens is 1. The SMILES string of the molecule is Nc1nc2c(ncn2[C@@H]2O[C@H](CO)[C@@H]3C[C@@]32F)c(=O)[nH]1. The van der Waals surface area contributed by atoms with Crippen molar-refractivity contribution in [2.24, 2.45) is 5.92 Å². The van der Waals surface area contributed by atoms with Crippen LogP contribution >= 0.6 is 0 Å². The quantitative estimate of drug-likeness (QED) is 0.671. The van der Waals surface area contributed by atoms with E-state index < -0.39 is 23.6 Å². The number of nitrogen functional groups attached to an aromatic ring is 1. The lowest BCUT2D eigenvalue weighted by Gasteiger charge is -2.19. The largest absolute Gasteiger partial charge is 0.394 e. The molecule has 4 N–H and O–H groups in total. The number of nitrogens with two attached hydrogens (primary N) is 1. The van der Waals surface area contributed by atoms with Gasteiger partial charge < -0.3 is 15.6 Å². The summed E-state index contributed by atoms with van der Waals surface area (Å²) in [5, 5.41) is 9.19. The van der Waals surface area contributed by atoms with Gasteiger partial charge in [-0.3, -0.25) is 14.3 Å². The highest BCUT2D eigenvalue weighted by Crippen LogP contribution is 2.63. The van der Waals surface area contributed by atoms with E-state index in [4.69, 9.17) is 10.5 Å². The normalized spacial score (nSPS) is 35.4. The second-order valence-corrected chi connectivity index (χ2v) is 5.22. The number of alkyl halides is 1. The maximum atomic E-state index is 14.6. The summed E-state index contributed by atoms with van der Waals surface area (Å²) in [6, 6.07) is 0. The van der Waals surface area contributed by atoms with Crippen LogP contribution in [0.2, 0.25) is 0 Å². The van der Waals surface area contributed by atoms with Gasteiger partial charge >= 0.3 is 0 Å². The van der Waals surface area contributed by atoms with E-state index in [1.165, 1.54) is 10.9 Å². The molecule has 0 amide bonds. The van der Waals surface area contributed by atoms with Gasteiger partial charge in [-0.2, -0.15) is 4.98 Å². The summed E-state index contributed by atoms with van der Waals surface area (Å²) in [4.78, 5) is 21.9. The number of aliphatic hydroxyl groups is 1. The van der Waals surface area contributed by atoms with E-state index in [0.717, 1.165) is 0 Å². The highest BCUT2D eigenvalue weighted by molar-refractivity contribution is 5.70. The maximum absolute atomic E-state index is 14.6. The van der Waals surface area contributed by atoms with Crippen LogP contribution in [0.25, 0.3) is 11.2 Å². The molecule has 3 heterocycles. The number of fused-ring (bicyclic) bond motifs is 2. The van der Waals surface area contributed by atoms with Crippen LogP contribution in [0.4, 0.5) is 10.3 Å². The fraction of sp³-hybridized carbons (Fsp3) is 0.545. The Morgan fingerprint density at radius 3 is 3.20 bits per heavy atom. The van der Waals surface area contributed by atoms with Crippen molar-refractivity contribution < 1.29 is 14.2 Å². The van der Waals surface area contributed by atoms with Crippen molar-refractivity contribution in [3.05, 3.63) is 16.7 Å². The number of hydrogen-bond donors (Lipinski definition) is 3. The van der Waals surface area contributed by atoms with Gasteiger partial charge in [-0.1, -0.05) is 0 Å². The predicted molar refractivity (Wildman–Crippen MR) is 65.5 cm³/mol. The summed E-state index contributed by atoms with van der Waals surface area (Å²) < 4.78 is 21.5. The number of nitrogens with one attached hydrogen (secondary N) is 1. The first-order chi connectivity index (χ1) is 9.54. The minimum atomic E-state index is -1.54. The zero-order chi connectivity index (χ0) is 14.1. The lowest BCUT2D eigenvalue weighted by atomic mass is 10.2. The number of imidazole rings is 1. The number of hydrogen-bond acceptors (Lipinski definition) is 6. The number of aromatic nitrogens is 4. The molecule has 4 rings (SSSR count). The van der Waals surface area contributed by atoms with Gasteiger partial charge in [0.05, 0.1) is 19.0 Å². The Balaban J connectivity index is 1.86. The van der Waals surface area contributed by atoms with Crippen LogP contribution in [-0.2, 0) is 4.74 Å². The maximum Gasteiger partial charge on any atom is 0.280 e. The van der Waals surface area contributed by atoms with Crippen molar-refractivity contribution in [2.75, 3.05) is 12.3 Å². The van der Waals surface area contributed by atoms with Gasteiger partial charge in [-0.25, -0.2) is 9.37 Å². The van der Waals surface area contributed by atoms with Crippen LogP contribution in [0.5, 0.6) is 0 Å². The molecule has 2 aromatic rings. The molecule has 0 radical (unpaired) electrons. The number of rotatable bonds is 2. The molecular formula is C11H12FN5O3. The van der Waals surface area contributed by atoms with E-state index in [1.54, 1.807) is 0 Å². The molecule has 0 bridgehead atoms. The second-order valence-electron chi connectivity index (χ2n) is 5.22. The minimum Gasteiger partial charge on any atom is -0.394 e. The fourth-order valence-corrected chi connectivity index (χ4v) is 2.96. The van der Waals surface area contributed by atoms with Crippen molar-refractivity contribution in [1.29, 1.82) is 0 Å². The topological polar surface area (TPSA) is 119 Å². The Bertz CT molecular complexity index is 758. The van der Waals surface area contributed by atoms with Crippen molar-refractivity contribution in [2.45, 2.75) is 24.4 Å². The Morgan fingerprint density at radius 1 is 1.70 bits per heavy atom. The number of halogens is 1. The van der Waals surface area contributed by atoms with Crippen LogP contribution in [-0.4, -0.2) is 43.0 Å². The van der Waals surface area contributed by atoms with Crippen LogP contribution in [0.1, 0.15) is 12.6 Å². The molecule has 106 valence electrons. The van der Waals surface area contributed by atoms with Gasteiger partial charge in [0.1, 0.15) is 0 Å². The van der Waals surface area contributed by atoms with E-state index in [-0.39, 0.29) is 29.6 Å². The zero-order valence-electron chi connectivity index (χ0n) is 10.3. The van der Waals surface area contributed by atoms with E-state index in [0.29, 0.717) is 6.42 Å². The van der Waals surface area contributed by atoms with Crippen molar-refractivity contribution >= 4 is 17.1 Å². The number of nitrogens with zero attached hydrogens (tertiary/aromatic N) is 3. The Kier molecular flexibility index (Phi) is 2.10. The van der Waals surface area contributed by atoms with Gasteiger partial charge in [-0.15, -0.1) is 0 Å². The first kappa shape index (κ1) is 11.8.